The number of likely N-dealkylation sites (tertiary alicyclic amines) is 1. The molecule has 2 aromatic carbocycles. The summed E-state index contributed by atoms with van der Waals surface area (Å²) in [6, 6.07) is 21.8. The number of hydrogen-bond acceptors (Lipinski definition) is 3. The zero-order chi connectivity index (χ0) is 18.9. The molecule has 3 nitrogen and oxygen atoms in total. The Balaban J connectivity index is 1.32. The summed E-state index contributed by atoms with van der Waals surface area (Å²) < 4.78 is 0. The number of thioether (sulfide) groups is 1. The summed E-state index contributed by atoms with van der Waals surface area (Å²) in [7, 11) is 0. The third-order valence-corrected chi connectivity index (χ3v) is 6.38. The SMILES string of the molecule is CC(c1ccccc1)N1CCC(NC(=O)CCCSc2ccccc2)CC1. The average molecular weight is 383 g/mol. The Morgan fingerprint density at radius 2 is 1.70 bits per heavy atom. The van der Waals surface area contributed by atoms with Gasteiger partial charge in [-0.15, -0.1) is 11.8 Å². The van der Waals surface area contributed by atoms with Crippen LogP contribution in [0.15, 0.2) is 65.6 Å². The predicted molar refractivity (Wildman–Crippen MR) is 114 cm³/mol. The van der Waals surface area contributed by atoms with Gasteiger partial charge < -0.3 is 5.32 Å². The number of benzene rings is 2. The van der Waals surface area contributed by atoms with Crippen LogP contribution in [0.4, 0.5) is 0 Å². The molecule has 1 amide bonds. The quantitative estimate of drug-likeness (QED) is 0.520. The predicted octanol–water partition coefficient (Wildman–Crippen LogP) is 4.90. The molecular weight excluding hydrogens is 352 g/mol. The Bertz CT molecular complexity index is 684. The summed E-state index contributed by atoms with van der Waals surface area (Å²) >= 11 is 1.82. The van der Waals surface area contributed by atoms with Gasteiger partial charge in [-0.25, -0.2) is 0 Å². The lowest BCUT2D eigenvalue weighted by Gasteiger charge is -2.36. The van der Waals surface area contributed by atoms with Gasteiger partial charge in [-0.2, -0.15) is 0 Å². The monoisotopic (exact) mass is 382 g/mol. The molecular formula is C23H30N2OS. The van der Waals surface area contributed by atoms with Crippen LogP contribution < -0.4 is 5.32 Å². The van der Waals surface area contributed by atoms with Crippen LogP contribution in [0.1, 0.15) is 44.2 Å². The first kappa shape index (κ1) is 20.0. The third kappa shape index (κ3) is 6.40. The molecule has 2 aromatic rings. The fourth-order valence-corrected chi connectivity index (χ4v) is 4.49. The highest BCUT2D eigenvalue weighted by atomic mass is 32.2. The fourth-order valence-electron chi connectivity index (χ4n) is 3.61. The molecule has 3 rings (SSSR count). The highest BCUT2D eigenvalue weighted by Gasteiger charge is 2.24. The van der Waals surface area contributed by atoms with Crippen molar-refractivity contribution in [3.8, 4) is 0 Å². The van der Waals surface area contributed by atoms with Crippen LogP contribution in [0.2, 0.25) is 0 Å². The van der Waals surface area contributed by atoms with E-state index < -0.39 is 0 Å². The summed E-state index contributed by atoms with van der Waals surface area (Å²) in [5.41, 5.74) is 1.37. The van der Waals surface area contributed by atoms with Crippen molar-refractivity contribution >= 4 is 17.7 Å². The molecule has 0 spiro atoms. The van der Waals surface area contributed by atoms with E-state index in [-0.39, 0.29) is 5.91 Å². The van der Waals surface area contributed by atoms with E-state index in [1.54, 1.807) is 0 Å². The Morgan fingerprint density at radius 3 is 2.37 bits per heavy atom. The minimum absolute atomic E-state index is 0.207. The second kappa shape index (κ2) is 10.5. The minimum Gasteiger partial charge on any atom is -0.353 e. The van der Waals surface area contributed by atoms with Gasteiger partial charge in [0.25, 0.3) is 0 Å². The summed E-state index contributed by atoms with van der Waals surface area (Å²) in [5, 5.41) is 3.24. The van der Waals surface area contributed by atoms with Crippen LogP contribution in [0, 0.1) is 0 Å². The van der Waals surface area contributed by atoms with Gasteiger partial charge in [-0.05, 0) is 49.6 Å². The lowest BCUT2D eigenvalue weighted by molar-refractivity contribution is -0.122. The summed E-state index contributed by atoms with van der Waals surface area (Å²) in [6.45, 7) is 4.37. The Kier molecular flexibility index (Phi) is 7.79. The molecule has 4 heteroatoms. The number of hydrogen-bond donors (Lipinski definition) is 1. The van der Waals surface area contributed by atoms with Gasteiger partial charge in [0.05, 0.1) is 0 Å². The van der Waals surface area contributed by atoms with Crippen molar-refractivity contribution in [2.45, 2.75) is 49.6 Å². The molecule has 144 valence electrons. The summed E-state index contributed by atoms with van der Waals surface area (Å²) in [4.78, 5) is 16.0. The molecule has 1 aliphatic heterocycles. The highest BCUT2D eigenvalue weighted by molar-refractivity contribution is 7.99. The van der Waals surface area contributed by atoms with Gasteiger partial charge in [0, 0.05) is 36.5 Å². The molecule has 0 radical (unpaired) electrons. The zero-order valence-electron chi connectivity index (χ0n) is 16.1. The fraction of sp³-hybridized carbons (Fsp3) is 0.435. The molecule has 27 heavy (non-hydrogen) atoms. The number of piperidine rings is 1. The number of nitrogens with one attached hydrogen (secondary N) is 1. The molecule has 1 atom stereocenters. The maximum Gasteiger partial charge on any atom is 0.220 e. The minimum atomic E-state index is 0.207. The number of rotatable bonds is 8. The molecule has 0 aromatic heterocycles. The second-order valence-electron chi connectivity index (χ2n) is 7.23. The van der Waals surface area contributed by atoms with Crippen molar-refractivity contribution in [1.82, 2.24) is 10.2 Å². The van der Waals surface area contributed by atoms with Crippen molar-refractivity contribution in [1.29, 1.82) is 0 Å². The van der Waals surface area contributed by atoms with Crippen LogP contribution in [0.25, 0.3) is 0 Å². The molecule has 1 unspecified atom stereocenters. The first-order valence-electron chi connectivity index (χ1n) is 9.98. The number of amides is 1. The summed E-state index contributed by atoms with van der Waals surface area (Å²) in [5.74, 6) is 1.20. The van der Waals surface area contributed by atoms with E-state index in [1.165, 1.54) is 10.5 Å². The number of nitrogens with zero attached hydrogens (tertiary/aromatic N) is 1. The topological polar surface area (TPSA) is 32.3 Å². The van der Waals surface area contributed by atoms with Gasteiger partial charge in [0.15, 0.2) is 0 Å². The van der Waals surface area contributed by atoms with Gasteiger partial charge in [0.2, 0.25) is 5.91 Å². The van der Waals surface area contributed by atoms with Gasteiger partial charge in [-0.1, -0.05) is 48.5 Å². The van der Waals surface area contributed by atoms with Gasteiger partial charge in [-0.3, -0.25) is 9.69 Å². The third-order valence-electron chi connectivity index (χ3n) is 5.28. The van der Waals surface area contributed by atoms with E-state index in [0.29, 0.717) is 18.5 Å². The van der Waals surface area contributed by atoms with E-state index in [1.807, 2.05) is 17.8 Å². The van der Waals surface area contributed by atoms with Crippen molar-refractivity contribution in [3.05, 3.63) is 66.2 Å². The molecule has 1 fully saturated rings. The van der Waals surface area contributed by atoms with E-state index in [2.05, 4.69) is 71.7 Å². The highest BCUT2D eigenvalue weighted by Crippen LogP contribution is 2.24. The standard InChI is InChI=1S/C23H30N2OS/c1-19(20-9-4-2-5-10-20)25-16-14-21(15-17-25)24-23(26)13-8-18-27-22-11-6-3-7-12-22/h2-7,9-12,19,21H,8,13-18H2,1H3,(H,24,26). The van der Waals surface area contributed by atoms with Crippen molar-refractivity contribution in [2.24, 2.45) is 0 Å². The first-order chi connectivity index (χ1) is 13.2. The Hall–Kier alpha value is -1.78. The Morgan fingerprint density at radius 1 is 1.07 bits per heavy atom. The number of carbonyl (C=O) groups is 1. The lowest BCUT2D eigenvalue weighted by atomic mass is 10.00. The summed E-state index contributed by atoms with van der Waals surface area (Å²) in [6.07, 6.45) is 3.64. The van der Waals surface area contributed by atoms with E-state index >= 15 is 0 Å². The zero-order valence-corrected chi connectivity index (χ0v) is 17.0. The van der Waals surface area contributed by atoms with E-state index in [4.69, 9.17) is 0 Å². The second-order valence-corrected chi connectivity index (χ2v) is 8.40. The maximum absolute atomic E-state index is 12.2. The normalized spacial score (nSPS) is 16.8. The molecule has 1 N–H and O–H groups in total. The van der Waals surface area contributed by atoms with Gasteiger partial charge in [0.1, 0.15) is 0 Å². The average Bonchev–Trinajstić information content (AvgIpc) is 2.73. The van der Waals surface area contributed by atoms with E-state index in [9.17, 15) is 4.79 Å². The molecule has 1 heterocycles. The van der Waals surface area contributed by atoms with Crippen molar-refractivity contribution in [2.75, 3.05) is 18.8 Å². The molecule has 0 saturated carbocycles. The van der Waals surface area contributed by atoms with Crippen LogP contribution in [-0.2, 0) is 4.79 Å². The van der Waals surface area contributed by atoms with E-state index in [0.717, 1.165) is 38.1 Å². The maximum atomic E-state index is 12.2. The number of carbonyl (C=O) groups excluding carboxylic acids is 1. The Labute approximate surface area is 167 Å². The van der Waals surface area contributed by atoms with Gasteiger partial charge >= 0.3 is 0 Å². The lowest BCUT2D eigenvalue weighted by Crippen LogP contribution is -2.45. The van der Waals surface area contributed by atoms with Crippen LogP contribution >= 0.6 is 11.8 Å². The van der Waals surface area contributed by atoms with Crippen LogP contribution in [0.3, 0.4) is 0 Å². The molecule has 0 aliphatic carbocycles. The van der Waals surface area contributed by atoms with Crippen molar-refractivity contribution < 1.29 is 4.79 Å². The molecule has 0 bridgehead atoms. The van der Waals surface area contributed by atoms with Crippen LogP contribution in [-0.4, -0.2) is 35.7 Å². The first-order valence-corrected chi connectivity index (χ1v) is 11.0. The molecule has 1 saturated heterocycles. The van der Waals surface area contributed by atoms with Crippen LogP contribution in [0.5, 0.6) is 0 Å². The molecule has 1 aliphatic rings. The smallest absolute Gasteiger partial charge is 0.220 e. The van der Waals surface area contributed by atoms with Crippen molar-refractivity contribution in [3.63, 3.8) is 0 Å². The largest absolute Gasteiger partial charge is 0.353 e.